The smallest absolute Gasteiger partial charge is 0.399 e. The van der Waals surface area contributed by atoms with Gasteiger partial charge in [0.25, 0.3) is 0 Å². The van der Waals surface area contributed by atoms with Crippen molar-refractivity contribution >= 4 is 35.2 Å². The molecule has 3 heterocycles. The van der Waals surface area contributed by atoms with E-state index in [0.717, 1.165) is 10.9 Å². The van der Waals surface area contributed by atoms with Gasteiger partial charge in [-0.2, -0.15) is 10.0 Å². The zero-order valence-corrected chi connectivity index (χ0v) is 29.5. The monoisotopic (exact) mass is 606 g/mol. The molecule has 5 rings (SSSR count). The molecule has 0 unspecified atom stereocenters. The lowest BCUT2D eigenvalue weighted by Gasteiger charge is -2.39. The van der Waals surface area contributed by atoms with Gasteiger partial charge in [0.05, 0.1) is 22.4 Å². The van der Waals surface area contributed by atoms with E-state index in [9.17, 15) is 0 Å². The van der Waals surface area contributed by atoms with E-state index in [1.54, 1.807) is 0 Å². The van der Waals surface area contributed by atoms with E-state index < -0.39 is 10.0 Å². The Balaban J connectivity index is 1.60. The van der Waals surface area contributed by atoms with Crippen molar-refractivity contribution in [3.05, 3.63) is 36.4 Å². The highest BCUT2D eigenvalue weighted by Gasteiger charge is 2.53. The lowest BCUT2D eigenvalue weighted by atomic mass is 9.77. The minimum atomic E-state index is -1.28. The highest BCUT2D eigenvalue weighted by Crippen LogP contribution is 2.72. The first-order valence-corrected chi connectivity index (χ1v) is 18.9. The summed E-state index contributed by atoms with van der Waals surface area (Å²) < 4.78 is 26.2. The molecule has 0 amide bonds. The van der Waals surface area contributed by atoms with Crippen LogP contribution in [0.2, 0.25) is 0 Å². The molecule has 3 aliphatic heterocycles. The van der Waals surface area contributed by atoms with Crippen molar-refractivity contribution in [2.45, 2.75) is 153 Å². The normalized spacial score (nSPS) is 22.9. The van der Waals surface area contributed by atoms with Crippen LogP contribution in [0.4, 0.5) is 0 Å². The molecule has 0 bridgehead atoms. The van der Waals surface area contributed by atoms with Crippen LogP contribution in [0.25, 0.3) is 11.1 Å². The van der Waals surface area contributed by atoms with Gasteiger partial charge in [-0.05, 0) is 114 Å². The molecule has 2 aromatic carbocycles. The van der Waals surface area contributed by atoms with Crippen molar-refractivity contribution in [2.75, 3.05) is 11.5 Å². The molecule has 7 heteroatoms. The Morgan fingerprint density at radius 3 is 1.19 bits per heavy atom. The van der Waals surface area contributed by atoms with Crippen LogP contribution in [-0.4, -0.2) is 48.1 Å². The molecular formula is C36H56B2O4S. The lowest BCUT2D eigenvalue weighted by Crippen LogP contribution is -2.41. The maximum absolute atomic E-state index is 6.56. The molecule has 0 aromatic heterocycles. The summed E-state index contributed by atoms with van der Waals surface area (Å²) in [5.74, 6) is 2.47. The van der Waals surface area contributed by atoms with Gasteiger partial charge in [-0.1, -0.05) is 76.6 Å². The quantitative estimate of drug-likeness (QED) is 0.179. The predicted molar refractivity (Wildman–Crippen MR) is 185 cm³/mol. The van der Waals surface area contributed by atoms with Crippen molar-refractivity contribution in [1.82, 2.24) is 0 Å². The largest absolute Gasteiger partial charge is 0.494 e. The highest BCUT2D eigenvalue weighted by atomic mass is 32.3. The van der Waals surface area contributed by atoms with E-state index in [2.05, 4.69) is 106 Å². The zero-order valence-electron chi connectivity index (χ0n) is 28.7. The molecule has 2 saturated heterocycles. The second-order valence-electron chi connectivity index (χ2n) is 15.1. The maximum Gasteiger partial charge on any atom is 0.494 e. The van der Waals surface area contributed by atoms with Crippen LogP contribution >= 0.6 is 10.0 Å². The van der Waals surface area contributed by atoms with Crippen molar-refractivity contribution in [2.24, 2.45) is 0 Å². The predicted octanol–water partition coefficient (Wildman–Crippen LogP) is 8.65. The minimum absolute atomic E-state index is 0.350. The average molecular weight is 607 g/mol. The van der Waals surface area contributed by atoms with E-state index in [4.69, 9.17) is 18.6 Å². The summed E-state index contributed by atoms with van der Waals surface area (Å²) >= 11 is 0. The molecule has 2 aromatic rings. The number of fused-ring (bicyclic) bond motifs is 3. The van der Waals surface area contributed by atoms with Crippen molar-refractivity contribution < 1.29 is 18.6 Å². The van der Waals surface area contributed by atoms with Crippen LogP contribution in [0.3, 0.4) is 0 Å². The zero-order chi connectivity index (χ0) is 31.3. The topological polar surface area (TPSA) is 36.9 Å². The van der Waals surface area contributed by atoms with E-state index in [1.165, 1.54) is 83.8 Å². The van der Waals surface area contributed by atoms with Gasteiger partial charge in [0.1, 0.15) is 0 Å². The third kappa shape index (κ3) is 6.03. The Morgan fingerprint density at radius 1 is 0.512 bits per heavy atom. The molecule has 0 radical (unpaired) electrons. The minimum Gasteiger partial charge on any atom is -0.399 e. The van der Waals surface area contributed by atoms with Gasteiger partial charge < -0.3 is 18.6 Å². The van der Waals surface area contributed by atoms with E-state index in [1.807, 2.05) is 0 Å². The molecular weight excluding hydrogens is 550 g/mol. The summed E-state index contributed by atoms with van der Waals surface area (Å²) in [6.07, 6.45) is 10.2. The van der Waals surface area contributed by atoms with E-state index >= 15 is 0 Å². The number of benzene rings is 2. The number of rotatable bonds is 12. The van der Waals surface area contributed by atoms with Crippen molar-refractivity contribution in [3.63, 3.8) is 0 Å². The molecule has 0 saturated carbocycles. The summed E-state index contributed by atoms with van der Waals surface area (Å²) in [5.41, 5.74) is 3.66. The molecule has 0 aliphatic carbocycles. The van der Waals surface area contributed by atoms with Crippen LogP contribution in [-0.2, 0) is 18.6 Å². The Kier molecular flexibility index (Phi) is 9.38. The second kappa shape index (κ2) is 12.2. The first-order chi connectivity index (χ1) is 20.2. The Morgan fingerprint density at radius 2 is 0.860 bits per heavy atom. The fraction of sp³-hybridized carbons (Fsp3) is 0.667. The Bertz CT molecular complexity index is 1170. The molecule has 0 atom stereocenters. The molecule has 4 nitrogen and oxygen atoms in total. The van der Waals surface area contributed by atoms with Gasteiger partial charge in [-0.15, -0.1) is 0 Å². The number of unbranched alkanes of at least 4 members (excludes halogenated alkanes) is 6. The van der Waals surface area contributed by atoms with Gasteiger partial charge in [0, 0.05) is 9.79 Å². The SMILES string of the molecule is CCCCCCS1(CCCCCC)c2cc(B3OC(C)(C)C(C)(C)O3)ccc2-c2ccc(B3OC(C)(C)C(C)(C)O3)cc21. The van der Waals surface area contributed by atoms with Gasteiger partial charge in [-0.3, -0.25) is 0 Å². The van der Waals surface area contributed by atoms with Crippen LogP contribution in [0.1, 0.15) is 121 Å². The summed E-state index contributed by atoms with van der Waals surface area (Å²) in [6.45, 7) is 21.8. The van der Waals surface area contributed by atoms with Crippen LogP contribution < -0.4 is 10.9 Å². The van der Waals surface area contributed by atoms with Crippen molar-refractivity contribution in [1.29, 1.82) is 0 Å². The second-order valence-corrected chi connectivity index (χ2v) is 18.6. The summed E-state index contributed by atoms with van der Waals surface area (Å²) in [5, 5.41) is 0. The van der Waals surface area contributed by atoms with Crippen molar-refractivity contribution in [3.8, 4) is 11.1 Å². The Labute approximate surface area is 265 Å². The van der Waals surface area contributed by atoms with E-state index in [0.29, 0.717) is 0 Å². The lowest BCUT2D eigenvalue weighted by molar-refractivity contribution is 0.00578. The third-order valence-electron chi connectivity index (χ3n) is 10.9. The van der Waals surface area contributed by atoms with Gasteiger partial charge in [-0.25, -0.2) is 0 Å². The first kappa shape index (κ1) is 33.1. The molecule has 43 heavy (non-hydrogen) atoms. The Hall–Kier alpha value is -1.24. The first-order valence-electron chi connectivity index (χ1n) is 17.0. The van der Waals surface area contributed by atoms with Crippen LogP contribution in [0.5, 0.6) is 0 Å². The van der Waals surface area contributed by atoms with Gasteiger partial charge in [0.15, 0.2) is 0 Å². The average Bonchev–Trinajstić information content (AvgIpc) is 3.43. The fourth-order valence-electron chi connectivity index (χ4n) is 6.63. The molecule has 236 valence electrons. The molecule has 3 aliphatic rings. The van der Waals surface area contributed by atoms with Crippen LogP contribution in [0.15, 0.2) is 46.2 Å². The summed E-state index contributed by atoms with van der Waals surface area (Å²) in [7, 11) is -1.98. The summed E-state index contributed by atoms with van der Waals surface area (Å²) in [4.78, 5) is 3.07. The third-order valence-corrected chi connectivity index (χ3v) is 15.2. The summed E-state index contributed by atoms with van der Waals surface area (Å²) in [6, 6.07) is 14.2. The molecule has 0 N–H and O–H groups in total. The molecule has 0 spiro atoms. The van der Waals surface area contributed by atoms with Crippen LogP contribution in [0, 0.1) is 0 Å². The van der Waals surface area contributed by atoms with Gasteiger partial charge in [0.2, 0.25) is 0 Å². The number of hydrogen-bond acceptors (Lipinski definition) is 4. The van der Waals surface area contributed by atoms with Gasteiger partial charge >= 0.3 is 14.2 Å². The highest BCUT2D eigenvalue weighted by molar-refractivity contribution is 8.34. The van der Waals surface area contributed by atoms with E-state index in [-0.39, 0.29) is 36.6 Å². The molecule has 2 fully saturated rings. The number of hydrogen-bond donors (Lipinski definition) is 0. The maximum atomic E-state index is 6.56. The fourth-order valence-corrected chi connectivity index (χ4v) is 11.3. The standard InChI is InChI=1S/C36H56B2O4S/c1-11-13-15-17-23-43(24-18-16-14-12-2)31-25-27(37-39-33(3,4)34(5,6)40-37)19-21-29(31)30-22-20-28(26-32(30)43)38-41-35(7,8)36(9,10)42-38/h19-22,25-26H,11-18,23-24H2,1-10H3.